The Kier molecular flexibility index (Phi) is 2.71. The first-order valence-electron chi connectivity index (χ1n) is 5.16. The van der Waals surface area contributed by atoms with Crippen molar-refractivity contribution in [2.45, 2.75) is 12.5 Å². The van der Waals surface area contributed by atoms with E-state index < -0.39 is 11.6 Å². The number of hydrogen-bond acceptors (Lipinski definition) is 4. The van der Waals surface area contributed by atoms with Crippen LogP contribution in [0.25, 0.3) is 0 Å². The smallest absolute Gasteiger partial charge is 0.332 e. The van der Waals surface area contributed by atoms with Crippen LogP contribution in [-0.4, -0.2) is 18.9 Å². The fraction of sp³-hybridized carbons (Fsp3) is 0.231. The summed E-state index contributed by atoms with van der Waals surface area (Å²) >= 11 is 0. The molecule has 1 aliphatic heterocycles. The highest BCUT2D eigenvalue weighted by Crippen LogP contribution is 2.30. The number of ketones is 1. The van der Waals surface area contributed by atoms with Crippen molar-refractivity contribution >= 4 is 11.8 Å². The summed E-state index contributed by atoms with van der Waals surface area (Å²) in [6.07, 6.45) is 2.38. The molecule has 0 aromatic heterocycles. The third-order valence-electron chi connectivity index (χ3n) is 2.79. The van der Waals surface area contributed by atoms with Gasteiger partial charge in [-0.1, -0.05) is 12.1 Å². The number of rotatable bonds is 2. The van der Waals surface area contributed by atoms with Crippen LogP contribution in [0, 0.1) is 0 Å². The Bertz CT molecular complexity index is 487. The van der Waals surface area contributed by atoms with E-state index in [1.165, 1.54) is 6.08 Å². The fourth-order valence-corrected chi connectivity index (χ4v) is 1.70. The zero-order valence-corrected chi connectivity index (χ0v) is 9.60. The second kappa shape index (κ2) is 4.05. The van der Waals surface area contributed by atoms with E-state index in [1.807, 2.05) is 0 Å². The standard InChI is InChI=1S/C13H12O4/c1-13(11(14)7-8-12(15)17-13)9-3-5-10(16-2)6-4-9/h3-8H,1-2H3. The van der Waals surface area contributed by atoms with E-state index in [2.05, 4.69) is 0 Å². The Labute approximate surface area is 98.8 Å². The molecule has 1 atom stereocenters. The van der Waals surface area contributed by atoms with E-state index in [9.17, 15) is 9.59 Å². The van der Waals surface area contributed by atoms with Gasteiger partial charge in [-0.05, 0) is 25.1 Å². The number of benzene rings is 1. The SMILES string of the molecule is COc1ccc(C2(C)OC(=O)C=CC2=O)cc1. The molecule has 0 saturated heterocycles. The maximum atomic E-state index is 11.8. The molecular formula is C13H12O4. The fourth-order valence-electron chi connectivity index (χ4n) is 1.70. The Morgan fingerprint density at radius 1 is 1.12 bits per heavy atom. The number of ether oxygens (including phenoxy) is 2. The topological polar surface area (TPSA) is 52.6 Å². The van der Waals surface area contributed by atoms with Crippen LogP contribution in [0.1, 0.15) is 12.5 Å². The molecule has 4 nitrogen and oxygen atoms in total. The number of carbonyl (C=O) groups is 2. The summed E-state index contributed by atoms with van der Waals surface area (Å²) in [6.45, 7) is 1.58. The molecule has 0 saturated carbocycles. The van der Waals surface area contributed by atoms with Crippen LogP contribution in [0.2, 0.25) is 0 Å². The highest BCUT2D eigenvalue weighted by atomic mass is 16.6. The highest BCUT2D eigenvalue weighted by molar-refractivity contribution is 6.05. The Hall–Kier alpha value is -2.10. The minimum Gasteiger partial charge on any atom is -0.497 e. The van der Waals surface area contributed by atoms with Gasteiger partial charge in [0.2, 0.25) is 5.78 Å². The molecule has 1 aromatic carbocycles. The molecule has 1 unspecified atom stereocenters. The van der Waals surface area contributed by atoms with E-state index in [4.69, 9.17) is 9.47 Å². The van der Waals surface area contributed by atoms with Gasteiger partial charge in [-0.25, -0.2) is 4.79 Å². The van der Waals surface area contributed by atoms with Crippen molar-refractivity contribution in [3.63, 3.8) is 0 Å². The molecule has 1 aliphatic rings. The molecule has 2 rings (SSSR count). The van der Waals surface area contributed by atoms with E-state index in [-0.39, 0.29) is 5.78 Å². The van der Waals surface area contributed by atoms with Crippen LogP contribution in [0.4, 0.5) is 0 Å². The normalized spacial score (nSPS) is 23.4. The lowest BCUT2D eigenvalue weighted by Gasteiger charge is -2.29. The second-order valence-electron chi connectivity index (χ2n) is 3.88. The highest BCUT2D eigenvalue weighted by Gasteiger charge is 2.39. The molecule has 0 spiro atoms. The quantitative estimate of drug-likeness (QED) is 0.727. The molecule has 17 heavy (non-hydrogen) atoms. The van der Waals surface area contributed by atoms with Crippen LogP contribution in [0.15, 0.2) is 36.4 Å². The average Bonchev–Trinajstić information content (AvgIpc) is 2.34. The van der Waals surface area contributed by atoms with Crippen LogP contribution in [0.3, 0.4) is 0 Å². The minimum absolute atomic E-state index is 0.248. The number of carbonyl (C=O) groups excluding carboxylic acids is 2. The second-order valence-corrected chi connectivity index (χ2v) is 3.88. The van der Waals surface area contributed by atoms with Crippen molar-refractivity contribution in [3.8, 4) is 5.75 Å². The minimum atomic E-state index is -1.24. The molecule has 1 aromatic rings. The number of esters is 1. The molecule has 4 heteroatoms. The Balaban J connectivity index is 2.40. The van der Waals surface area contributed by atoms with Crippen molar-refractivity contribution in [2.75, 3.05) is 7.11 Å². The van der Waals surface area contributed by atoms with Gasteiger partial charge in [0, 0.05) is 11.6 Å². The average molecular weight is 232 g/mol. The van der Waals surface area contributed by atoms with E-state index >= 15 is 0 Å². The summed E-state index contributed by atoms with van der Waals surface area (Å²) in [5, 5.41) is 0. The maximum absolute atomic E-state index is 11.8. The lowest BCUT2D eigenvalue weighted by Crippen LogP contribution is -2.39. The predicted octanol–water partition coefficient (Wildman–Crippen LogP) is 1.59. The van der Waals surface area contributed by atoms with Gasteiger partial charge in [0.1, 0.15) is 5.75 Å². The molecule has 0 radical (unpaired) electrons. The monoisotopic (exact) mass is 232 g/mol. The maximum Gasteiger partial charge on any atom is 0.332 e. The van der Waals surface area contributed by atoms with Crippen LogP contribution < -0.4 is 4.74 Å². The summed E-state index contributed by atoms with van der Waals surface area (Å²) in [5.41, 5.74) is -0.612. The van der Waals surface area contributed by atoms with Gasteiger partial charge in [-0.15, -0.1) is 0 Å². The van der Waals surface area contributed by atoms with Crippen molar-refractivity contribution < 1.29 is 19.1 Å². The lowest BCUT2D eigenvalue weighted by atomic mass is 9.89. The summed E-state index contributed by atoms with van der Waals surface area (Å²) in [6, 6.07) is 6.87. The summed E-state index contributed by atoms with van der Waals surface area (Å²) in [7, 11) is 1.56. The summed E-state index contributed by atoms with van der Waals surface area (Å²) < 4.78 is 10.2. The lowest BCUT2D eigenvalue weighted by molar-refractivity contribution is -0.162. The van der Waals surface area contributed by atoms with Gasteiger partial charge in [0.05, 0.1) is 7.11 Å². The van der Waals surface area contributed by atoms with Crippen LogP contribution in [0.5, 0.6) is 5.75 Å². The van der Waals surface area contributed by atoms with Crippen molar-refractivity contribution in [2.24, 2.45) is 0 Å². The third kappa shape index (κ3) is 1.93. The van der Waals surface area contributed by atoms with Crippen molar-refractivity contribution in [1.29, 1.82) is 0 Å². The summed E-state index contributed by atoms with van der Waals surface area (Å²) in [5.74, 6) is -0.0762. The molecule has 0 fully saturated rings. The van der Waals surface area contributed by atoms with Gasteiger partial charge in [-0.3, -0.25) is 4.79 Å². The third-order valence-corrected chi connectivity index (χ3v) is 2.79. The van der Waals surface area contributed by atoms with Gasteiger partial charge in [0.25, 0.3) is 0 Å². The van der Waals surface area contributed by atoms with Crippen molar-refractivity contribution in [3.05, 3.63) is 42.0 Å². The first kappa shape index (κ1) is 11.4. The Morgan fingerprint density at radius 3 is 2.35 bits per heavy atom. The molecular weight excluding hydrogens is 220 g/mol. The predicted molar refractivity (Wildman–Crippen MR) is 60.6 cm³/mol. The van der Waals surface area contributed by atoms with Gasteiger partial charge >= 0.3 is 5.97 Å². The zero-order chi connectivity index (χ0) is 12.5. The van der Waals surface area contributed by atoms with E-state index in [0.29, 0.717) is 11.3 Å². The molecule has 88 valence electrons. The largest absolute Gasteiger partial charge is 0.497 e. The van der Waals surface area contributed by atoms with Crippen molar-refractivity contribution in [1.82, 2.24) is 0 Å². The van der Waals surface area contributed by atoms with E-state index in [0.717, 1.165) is 6.08 Å². The molecule has 0 aliphatic carbocycles. The zero-order valence-electron chi connectivity index (χ0n) is 9.60. The van der Waals surface area contributed by atoms with E-state index in [1.54, 1.807) is 38.3 Å². The first-order chi connectivity index (χ1) is 8.06. The molecule has 0 bridgehead atoms. The number of methoxy groups -OCH3 is 1. The number of cyclic esters (lactones) is 1. The van der Waals surface area contributed by atoms with Crippen LogP contribution >= 0.6 is 0 Å². The molecule has 0 N–H and O–H groups in total. The van der Waals surface area contributed by atoms with Gasteiger partial charge in [-0.2, -0.15) is 0 Å². The molecule has 0 amide bonds. The van der Waals surface area contributed by atoms with Crippen LogP contribution in [-0.2, 0) is 19.9 Å². The first-order valence-corrected chi connectivity index (χ1v) is 5.16. The Morgan fingerprint density at radius 2 is 1.76 bits per heavy atom. The molecule has 1 heterocycles. The number of hydrogen-bond donors (Lipinski definition) is 0. The van der Waals surface area contributed by atoms with Gasteiger partial charge < -0.3 is 9.47 Å². The summed E-state index contributed by atoms with van der Waals surface area (Å²) in [4.78, 5) is 23.1. The van der Waals surface area contributed by atoms with Gasteiger partial charge in [0.15, 0.2) is 5.60 Å².